The van der Waals surface area contributed by atoms with Crippen LogP contribution in [-0.2, 0) is 26.7 Å². The zero-order chi connectivity index (χ0) is 9.98. The molecule has 7 heteroatoms. The molecule has 1 radical (unpaired) electrons. The molecule has 0 fully saturated rings. The number of carbonyl (C=O) groups is 2. The molecule has 2 N–H and O–H groups in total. The van der Waals surface area contributed by atoms with Crippen molar-refractivity contribution in [1.29, 1.82) is 10.5 Å². The van der Waals surface area contributed by atoms with Crippen LogP contribution in [0.15, 0.2) is 0 Å². The van der Waals surface area contributed by atoms with Crippen LogP contribution in [0.4, 0.5) is 0 Å². The fraction of sp³-hybridized carbons (Fsp3) is 0.333. The Balaban J connectivity index is -0.000000143. The normalized spacial score (nSPS) is 6.00. The van der Waals surface area contributed by atoms with Gasteiger partial charge in [-0.25, -0.2) is 0 Å². The van der Waals surface area contributed by atoms with E-state index in [1.54, 1.807) is 0 Å². The van der Waals surface area contributed by atoms with Crippen LogP contribution < -0.4 is 0 Å². The monoisotopic (exact) mass is 233 g/mol. The molecule has 0 aliphatic rings. The van der Waals surface area contributed by atoms with E-state index >= 15 is 0 Å². The van der Waals surface area contributed by atoms with Gasteiger partial charge in [-0.3, -0.25) is 9.59 Å². The summed E-state index contributed by atoms with van der Waals surface area (Å²) in [7, 11) is 0. The number of nitrogens with zero attached hydrogens (tertiary/aromatic N) is 2. The van der Waals surface area contributed by atoms with Crippen LogP contribution in [0, 0.1) is 22.7 Å². The number of hydrogen-bond acceptors (Lipinski definition) is 4. The molecular formula is C6H6CuN2O4. The Labute approximate surface area is 84.9 Å². The number of nitriles is 2. The fourth-order valence-corrected chi connectivity index (χ4v) is 0.135. The minimum atomic E-state index is -1.07. The first-order chi connectivity index (χ1) is 5.54. The molecule has 0 aliphatic heterocycles. The van der Waals surface area contributed by atoms with Crippen LogP contribution in [0.3, 0.4) is 0 Å². The Morgan fingerprint density at radius 3 is 1.23 bits per heavy atom. The summed E-state index contributed by atoms with van der Waals surface area (Å²) in [5, 5.41) is 30.6. The summed E-state index contributed by atoms with van der Waals surface area (Å²) in [5.74, 6) is -2.14. The molecule has 0 saturated heterocycles. The second kappa shape index (κ2) is 13.1. The van der Waals surface area contributed by atoms with E-state index in [1.807, 2.05) is 0 Å². The minimum absolute atomic E-state index is 0. The maximum Gasteiger partial charge on any atom is 0.317 e. The number of rotatable bonds is 2. The van der Waals surface area contributed by atoms with Crippen molar-refractivity contribution in [1.82, 2.24) is 0 Å². The van der Waals surface area contributed by atoms with Crippen LogP contribution in [0.2, 0.25) is 0 Å². The van der Waals surface area contributed by atoms with Gasteiger partial charge in [0.25, 0.3) is 0 Å². The van der Waals surface area contributed by atoms with E-state index in [-0.39, 0.29) is 17.1 Å². The standard InChI is InChI=1S/2C3H3NO2.Cu/c2*4-2-1-3(5)6;/h2*1H2,(H,5,6);. The molecule has 0 aromatic heterocycles. The van der Waals surface area contributed by atoms with Crippen LogP contribution in [0.25, 0.3) is 0 Å². The van der Waals surface area contributed by atoms with Crippen molar-refractivity contribution >= 4 is 11.9 Å². The van der Waals surface area contributed by atoms with Crippen LogP contribution in [-0.4, -0.2) is 22.2 Å². The molecule has 0 saturated carbocycles. The van der Waals surface area contributed by atoms with E-state index < -0.39 is 24.8 Å². The third-order valence-corrected chi connectivity index (χ3v) is 0.461. The predicted octanol–water partition coefficient (Wildman–Crippen LogP) is -0.0331. The van der Waals surface area contributed by atoms with Gasteiger partial charge in [-0.15, -0.1) is 0 Å². The van der Waals surface area contributed by atoms with Gasteiger partial charge in [0.15, 0.2) is 0 Å². The molecule has 0 heterocycles. The van der Waals surface area contributed by atoms with Gasteiger partial charge in [-0.05, 0) is 0 Å². The summed E-state index contributed by atoms with van der Waals surface area (Å²) < 4.78 is 0. The summed E-state index contributed by atoms with van der Waals surface area (Å²) in [6.07, 6.45) is -0.806. The largest absolute Gasteiger partial charge is 0.480 e. The summed E-state index contributed by atoms with van der Waals surface area (Å²) in [6.45, 7) is 0. The first-order valence-electron chi connectivity index (χ1n) is 2.72. The van der Waals surface area contributed by atoms with Gasteiger partial charge in [-0.2, -0.15) is 10.5 Å². The van der Waals surface area contributed by atoms with E-state index in [1.165, 1.54) is 12.1 Å². The van der Waals surface area contributed by atoms with Gasteiger partial charge >= 0.3 is 11.9 Å². The van der Waals surface area contributed by atoms with Crippen molar-refractivity contribution in [3.05, 3.63) is 0 Å². The summed E-state index contributed by atoms with van der Waals surface area (Å²) >= 11 is 0. The molecule has 0 rings (SSSR count). The Bertz CT molecular complexity index is 214. The van der Waals surface area contributed by atoms with Crippen molar-refractivity contribution < 1.29 is 36.9 Å². The second-order valence-electron chi connectivity index (χ2n) is 1.46. The van der Waals surface area contributed by atoms with Crippen molar-refractivity contribution in [2.45, 2.75) is 12.8 Å². The Hall–Kier alpha value is -1.56. The Morgan fingerprint density at radius 2 is 1.23 bits per heavy atom. The molecule has 75 valence electrons. The van der Waals surface area contributed by atoms with Gasteiger partial charge in [0, 0.05) is 17.1 Å². The van der Waals surface area contributed by atoms with Gasteiger partial charge in [0.1, 0.15) is 12.8 Å². The molecule has 0 aromatic carbocycles. The molecule has 6 nitrogen and oxygen atoms in total. The molecule has 0 amide bonds. The van der Waals surface area contributed by atoms with E-state index in [2.05, 4.69) is 0 Å². The van der Waals surface area contributed by atoms with Crippen molar-refractivity contribution in [2.24, 2.45) is 0 Å². The first kappa shape index (κ1) is 17.5. The Kier molecular flexibility index (Phi) is 17.6. The van der Waals surface area contributed by atoms with Crippen molar-refractivity contribution in [3.8, 4) is 12.1 Å². The summed E-state index contributed by atoms with van der Waals surface area (Å²) in [4.78, 5) is 18.8. The average molecular weight is 234 g/mol. The van der Waals surface area contributed by atoms with Crippen LogP contribution in [0.5, 0.6) is 0 Å². The summed E-state index contributed by atoms with van der Waals surface area (Å²) in [5.41, 5.74) is 0. The maximum absolute atomic E-state index is 9.38. The van der Waals surface area contributed by atoms with Gasteiger partial charge in [0.2, 0.25) is 0 Å². The molecule has 0 atom stereocenters. The number of hydrogen-bond donors (Lipinski definition) is 2. The molecule has 0 bridgehead atoms. The van der Waals surface area contributed by atoms with Crippen LogP contribution in [0.1, 0.15) is 12.8 Å². The predicted molar refractivity (Wildman–Crippen MR) is 35.7 cm³/mol. The smallest absolute Gasteiger partial charge is 0.317 e. The van der Waals surface area contributed by atoms with Crippen molar-refractivity contribution in [3.63, 3.8) is 0 Å². The van der Waals surface area contributed by atoms with Crippen molar-refractivity contribution in [2.75, 3.05) is 0 Å². The number of carboxylic acid groups (broad SMARTS) is 2. The zero-order valence-corrected chi connectivity index (χ0v) is 7.26. The molecule has 13 heavy (non-hydrogen) atoms. The van der Waals surface area contributed by atoms with E-state index in [4.69, 9.17) is 20.7 Å². The summed E-state index contributed by atoms with van der Waals surface area (Å²) in [6, 6.07) is 2.94. The molecule has 0 spiro atoms. The zero-order valence-electron chi connectivity index (χ0n) is 6.32. The maximum atomic E-state index is 9.38. The Morgan fingerprint density at radius 1 is 1.00 bits per heavy atom. The topological polar surface area (TPSA) is 122 Å². The minimum Gasteiger partial charge on any atom is -0.480 e. The van der Waals surface area contributed by atoms with E-state index in [0.717, 1.165) is 0 Å². The van der Waals surface area contributed by atoms with Crippen LogP contribution >= 0.6 is 0 Å². The molecule has 0 aromatic rings. The van der Waals surface area contributed by atoms with Gasteiger partial charge in [0.05, 0.1) is 12.1 Å². The molecule has 0 unspecified atom stereocenters. The third-order valence-electron chi connectivity index (χ3n) is 0.461. The first-order valence-corrected chi connectivity index (χ1v) is 2.72. The number of aliphatic carboxylic acids is 2. The fourth-order valence-electron chi connectivity index (χ4n) is 0.135. The molecular weight excluding hydrogens is 228 g/mol. The average Bonchev–Trinajstić information content (AvgIpc) is 1.87. The van der Waals surface area contributed by atoms with E-state index in [0.29, 0.717) is 0 Å². The molecule has 0 aliphatic carbocycles. The number of carboxylic acids is 2. The third kappa shape index (κ3) is 37.7. The van der Waals surface area contributed by atoms with E-state index in [9.17, 15) is 9.59 Å². The van der Waals surface area contributed by atoms with Gasteiger partial charge in [-0.1, -0.05) is 0 Å². The van der Waals surface area contributed by atoms with Gasteiger partial charge < -0.3 is 10.2 Å². The second-order valence-corrected chi connectivity index (χ2v) is 1.46. The quantitative estimate of drug-likeness (QED) is 0.646. The SMILES string of the molecule is N#CCC(=O)O.N#CCC(=O)O.[Cu].